The minimum absolute atomic E-state index is 0.0414. The van der Waals surface area contributed by atoms with E-state index in [2.05, 4.69) is 5.32 Å². The molecule has 20 heavy (non-hydrogen) atoms. The molecule has 0 aliphatic carbocycles. The number of anilines is 1. The summed E-state index contributed by atoms with van der Waals surface area (Å²) in [5.41, 5.74) is 3.57. The minimum atomic E-state index is -0.0414. The summed E-state index contributed by atoms with van der Waals surface area (Å²) >= 11 is 5.81. The van der Waals surface area contributed by atoms with E-state index in [0.717, 1.165) is 16.9 Å². The molecule has 0 atom stereocenters. The van der Waals surface area contributed by atoms with E-state index >= 15 is 0 Å². The lowest BCUT2D eigenvalue weighted by molar-refractivity contribution is 0.104. The van der Waals surface area contributed by atoms with Gasteiger partial charge in [0.25, 0.3) is 0 Å². The molecule has 0 radical (unpaired) electrons. The van der Waals surface area contributed by atoms with E-state index in [1.54, 1.807) is 30.3 Å². The maximum Gasteiger partial charge on any atom is 0.187 e. The summed E-state index contributed by atoms with van der Waals surface area (Å²) in [5.74, 6) is -0.0414. The normalized spacial score (nSPS) is 11.2. The number of ketones is 1. The summed E-state index contributed by atoms with van der Waals surface area (Å²) in [7, 11) is 0. The predicted octanol–water partition coefficient (Wildman–Crippen LogP) is 4.85. The SMILES string of the molecule is C/C(=C/C(=O)c1ccc(Cl)cc1)Nc1ccccc1C. The third-order valence-electron chi connectivity index (χ3n) is 2.95. The van der Waals surface area contributed by atoms with Crippen molar-refractivity contribution in [2.75, 3.05) is 5.32 Å². The van der Waals surface area contributed by atoms with Gasteiger partial charge in [0.15, 0.2) is 5.78 Å². The van der Waals surface area contributed by atoms with Crippen LogP contribution >= 0.6 is 11.6 Å². The molecular formula is C17H16ClNO. The number of hydrogen-bond acceptors (Lipinski definition) is 2. The van der Waals surface area contributed by atoms with Crippen molar-refractivity contribution in [2.45, 2.75) is 13.8 Å². The van der Waals surface area contributed by atoms with Gasteiger partial charge in [-0.05, 0) is 49.7 Å². The Morgan fingerprint density at radius 2 is 1.75 bits per heavy atom. The number of hydrogen-bond donors (Lipinski definition) is 1. The maximum absolute atomic E-state index is 12.1. The zero-order valence-corrected chi connectivity index (χ0v) is 12.2. The highest BCUT2D eigenvalue weighted by Crippen LogP contribution is 2.16. The van der Waals surface area contributed by atoms with Gasteiger partial charge < -0.3 is 5.32 Å². The number of carbonyl (C=O) groups excluding carboxylic acids is 1. The number of para-hydroxylation sites is 1. The fourth-order valence-corrected chi connectivity index (χ4v) is 1.98. The molecule has 0 bridgehead atoms. The van der Waals surface area contributed by atoms with Gasteiger partial charge in [-0.15, -0.1) is 0 Å². The number of benzene rings is 2. The molecule has 0 unspecified atom stereocenters. The predicted molar refractivity (Wildman–Crippen MR) is 84.3 cm³/mol. The molecule has 0 saturated carbocycles. The molecule has 0 aliphatic rings. The second-order valence-corrected chi connectivity index (χ2v) is 5.07. The lowest BCUT2D eigenvalue weighted by atomic mass is 10.1. The second-order valence-electron chi connectivity index (χ2n) is 4.64. The highest BCUT2D eigenvalue weighted by atomic mass is 35.5. The quantitative estimate of drug-likeness (QED) is 0.643. The molecule has 1 N–H and O–H groups in total. The van der Waals surface area contributed by atoms with E-state index in [0.29, 0.717) is 10.6 Å². The van der Waals surface area contributed by atoms with Crippen LogP contribution in [-0.4, -0.2) is 5.78 Å². The van der Waals surface area contributed by atoms with Crippen LogP contribution in [0.3, 0.4) is 0 Å². The van der Waals surface area contributed by atoms with Crippen LogP contribution in [0, 0.1) is 6.92 Å². The molecule has 102 valence electrons. The highest BCUT2D eigenvalue weighted by Gasteiger charge is 2.04. The summed E-state index contributed by atoms with van der Waals surface area (Å²) in [6, 6.07) is 14.8. The van der Waals surface area contributed by atoms with Gasteiger partial charge >= 0.3 is 0 Å². The number of carbonyl (C=O) groups is 1. The monoisotopic (exact) mass is 285 g/mol. The maximum atomic E-state index is 12.1. The lowest BCUT2D eigenvalue weighted by Crippen LogP contribution is -2.02. The van der Waals surface area contributed by atoms with Crippen LogP contribution in [0.25, 0.3) is 0 Å². The number of allylic oxidation sites excluding steroid dienone is 2. The van der Waals surface area contributed by atoms with Crippen molar-refractivity contribution in [3.63, 3.8) is 0 Å². The highest BCUT2D eigenvalue weighted by molar-refractivity contribution is 6.30. The lowest BCUT2D eigenvalue weighted by Gasteiger charge is -2.09. The Labute approximate surface area is 124 Å². The van der Waals surface area contributed by atoms with Crippen molar-refractivity contribution in [2.24, 2.45) is 0 Å². The number of rotatable bonds is 4. The molecule has 0 fully saturated rings. The van der Waals surface area contributed by atoms with Crippen LogP contribution in [0.15, 0.2) is 60.3 Å². The van der Waals surface area contributed by atoms with Gasteiger partial charge in [0.05, 0.1) is 0 Å². The van der Waals surface area contributed by atoms with Crippen LogP contribution < -0.4 is 5.32 Å². The Balaban J connectivity index is 2.12. The fraction of sp³-hybridized carbons (Fsp3) is 0.118. The Morgan fingerprint density at radius 3 is 2.40 bits per heavy atom. The molecule has 0 aliphatic heterocycles. The first-order valence-electron chi connectivity index (χ1n) is 6.37. The summed E-state index contributed by atoms with van der Waals surface area (Å²) < 4.78 is 0. The molecule has 2 nitrogen and oxygen atoms in total. The summed E-state index contributed by atoms with van der Waals surface area (Å²) in [5, 5.41) is 3.86. The molecule has 2 rings (SSSR count). The third kappa shape index (κ3) is 3.72. The van der Waals surface area contributed by atoms with Gasteiger partial charge in [-0.3, -0.25) is 4.79 Å². The zero-order valence-electron chi connectivity index (χ0n) is 11.5. The van der Waals surface area contributed by atoms with Crippen LogP contribution in [0.5, 0.6) is 0 Å². The standard InChI is InChI=1S/C17H16ClNO/c1-12-5-3-4-6-16(12)19-13(2)11-17(20)14-7-9-15(18)10-8-14/h3-11,19H,1-2H3/b13-11-. The molecule has 0 heterocycles. The van der Waals surface area contributed by atoms with Crippen molar-refractivity contribution in [3.8, 4) is 0 Å². The molecular weight excluding hydrogens is 270 g/mol. The van der Waals surface area contributed by atoms with E-state index in [4.69, 9.17) is 11.6 Å². The van der Waals surface area contributed by atoms with E-state index in [-0.39, 0.29) is 5.78 Å². The van der Waals surface area contributed by atoms with Crippen molar-refractivity contribution in [1.82, 2.24) is 0 Å². The minimum Gasteiger partial charge on any atom is -0.359 e. The van der Waals surface area contributed by atoms with Gasteiger partial charge in [-0.2, -0.15) is 0 Å². The molecule has 0 saturated heterocycles. The molecule has 0 spiro atoms. The summed E-state index contributed by atoms with van der Waals surface area (Å²) in [4.78, 5) is 12.1. The Bertz CT molecular complexity index is 644. The summed E-state index contributed by atoms with van der Waals surface area (Å²) in [6.07, 6.45) is 1.59. The first-order valence-corrected chi connectivity index (χ1v) is 6.75. The molecule has 0 aromatic heterocycles. The molecule has 3 heteroatoms. The van der Waals surface area contributed by atoms with Gasteiger partial charge in [0.1, 0.15) is 0 Å². The van der Waals surface area contributed by atoms with E-state index in [1.807, 2.05) is 38.1 Å². The average Bonchev–Trinajstić information content (AvgIpc) is 2.42. The van der Waals surface area contributed by atoms with Gasteiger partial charge in [0.2, 0.25) is 0 Å². The van der Waals surface area contributed by atoms with Crippen LogP contribution in [0.4, 0.5) is 5.69 Å². The van der Waals surface area contributed by atoms with Crippen LogP contribution in [0.1, 0.15) is 22.8 Å². The average molecular weight is 286 g/mol. The van der Waals surface area contributed by atoms with Gasteiger partial charge in [-0.25, -0.2) is 0 Å². The van der Waals surface area contributed by atoms with Crippen molar-refractivity contribution < 1.29 is 4.79 Å². The first-order chi connectivity index (χ1) is 9.56. The van der Waals surface area contributed by atoms with E-state index < -0.39 is 0 Å². The van der Waals surface area contributed by atoms with Crippen molar-refractivity contribution in [1.29, 1.82) is 0 Å². The van der Waals surface area contributed by atoms with Gasteiger partial charge in [-0.1, -0.05) is 29.8 Å². The van der Waals surface area contributed by atoms with Crippen molar-refractivity contribution in [3.05, 3.63) is 76.5 Å². The van der Waals surface area contributed by atoms with E-state index in [1.165, 1.54) is 0 Å². The molecule has 0 amide bonds. The van der Waals surface area contributed by atoms with E-state index in [9.17, 15) is 4.79 Å². The largest absolute Gasteiger partial charge is 0.359 e. The smallest absolute Gasteiger partial charge is 0.187 e. The Kier molecular flexibility index (Phi) is 4.59. The number of aryl methyl sites for hydroxylation is 1. The van der Waals surface area contributed by atoms with Crippen LogP contribution in [-0.2, 0) is 0 Å². The zero-order chi connectivity index (χ0) is 14.5. The van der Waals surface area contributed by atoms with Gasteiger partial charge in [0, 0.05) is 28.0 Å². The second kappa shape index (κ2) is 6.40. The first kappa shape index (κ1) is 14.4. The Morgan fingerprint density at radius 1 is 1.10 bits per heavy atom. The summed E-state index contributed by atoms with van der Waals surface area (Å²) in [6.45, 7) is 3.90. The number of nitrogens with one attached hydrogen (secondary N) is 1. The third-order valence-corrected chi connectivity index (χ3v) is 3.21. The molecule has 2 aromatic rings. The number of halogens is 1. The van der Waals surface area contributed by atoms with Crippen LogP contribution in [0.2, 0.25) is 5.02 Å². The fourth-order valence-electron chi connectivity index (χ4n) is 1.86. The van der Waals surface area contributed by atoms with Crippen molar-refractivity contribution >= 4 is 23.1 Å². The topological polar surface area (TPSA) is 29.1 Å². The molecule has 2 aromatic carbocycles. The Hall–Kier alpha value is -2.06.